The van der Waals surface area contributed by atoms with Crippen LogP contribution < -0.4 is 10.3 Å². The molecule has 1 aromatic heterocycles. The molecular weight excluding hydrogens is 343 g/mol. The van der Waals surface area contributed by atoms with Gasteiger partial charge in [-0.15, -0.1) is 0 Å². The standard InChI is InChI=1S/C13H13IN2O2/c1-8(2)9-4-3-5-10(6-9)18-13-11(14)12(17)15-7-16-13/h3-8H,1-2H3,(H,15,16,17). The number of ether oxygens (including phenoxy) is 1. The van der Waals surface area contributed by atoms with Crippen LogP contribution in [0, 0.1) is 3.57 Å². The van der Waals surface area contributed by atoms with Crippen LogP contribution >= 0.6 is 22.6 Å². The Bertz CT molecular complexity index is 608. The molecule has 0 radical (unpaired) electrons. The van der Waals surface area contributed by atoms with Crippen LogP contribution in [0.1, 0.15) is 25.3 Å². The van der Waals surface area contributed by atoms with Crippen molar-refractivity contribution in [3.8, 4) is 11.6 Å². The summed E-state index contributed by atoms with van der Waals surface area (Å²) in [5.41, 5.74) is 0.993. The highest BCUT2D eigenvalue weighted by Gasteiger charge is 2.08. The number of halogens is 1. The lowest BCUT2D eigenvalue weighted by Gasteiger charge is -2.09. The van der Waals surface area contributed by atoms with Crippen molar-refractivity contribution >= 4 is 22.6 Å². The summed E-state index contributed by atoms with van der Waals surface area (Å²) in [7, 11) is 0. The van der Waals surface area contributed by atoms with Gasteiger partial charge in [-0.1, -0.05) is 26.0 Å². The predicted octanol–water partition coefficient (Wildman–Crippen LogP) is 3.29. The van der Waals surface area contributed by atoms with Gasteiger partial charge >= 0.3 is 0 Å². The molecule has 2 aromatic rings. The van der Waals surface area contributed by atoms with E-state index in [9.17, 15) is 4.79 Å². The second kappa shape index (κ2) is 5.51. The SMILES string of the molecule is CC(C)c1cccc(Oc2nc[nH]c(=O)c2I)c1. The number of nitrogens with zero attached hydrogens (tertiary/aromatic N) is 1. The Hall–Kier alpha value is -1.37. The van der Waals surface area contributed by atoms with Gasteiger partial charge in [0.25, 0.3) is 5.56 Å². The molecule has 1 N–H and O–H groups in total. The summed E-state index contributed by atoms with van der Waals surface area (Å²) >= 11 is 1.92. The highest BCUT2D eigenvalue weighted by molar-refractivity contribution is 14.1. The molecule has 0 saturated carbocycles. The van der Waals surface area contributed by atoms with E-state index in [1.807, 2.05) is 46.9 Å². The number of hydrogen-bond donors (Lipinski definition) is 1. The zero-order valence-electron chi connectivity index (χ0n) is 10.1. The van der Waals surface area contributed by atoms with Crippen LogP contribution in [-0.2, 0) is 0 Å². The minimum atomic E-state index is -0.194. The topological polar surface area (TPSA) is 55.0 Å². The van der Waals surface area contributed by atoms with E-state index >= 15 is 0 Å². The fourth-order valence-electron chi connectivity index (χ4n) is 1.49. The summed E-state index contributed by atoms with van der Waals surface area (Å²) in [4.78, 5) is 17.9. The molecule has 1 aromatic carbocycles. The molecule has 0 saturated heterocycles. The number of H-pyrrole nitrogens is 1. The Morgan fingerprint density at radius 1 is 1.39 bits per heavy atom. The van der Waals surface area contributed by atoms with Crippen LogP contribution in [0.2, 0.25) is 0 Å². The van der Waals surface area contributed by atoms with Crippen molar-refractivity contribution in [2.45, 2.75) is 19.8 Å². The monoisotopic (exact) mass is 356 g/mol. The average Bonchev–Trinajstić information content (AvgIpc) is 2.35. The Kier molecular flexibility index (Phi) is 4.00. The van der Waals surface area contributed by atoms with Crippen LogP contribution in [-0.4, -0.2) is 9.97 Å². The van der Waals surface area contributed by atoms with Crippen molar-refractivity contribution < 1.29 is 4.74 Å². The van der Waals surface area contributed by atoms with Gasteiger partial charge in [0.15, 0.2) is 0 Å². The van der Waals surface area contributed by atoms with Crippen molar-refractivity contribution in [3.63, 3.8) is 0 Å². The summed E-state index contributed by atoms with van der Waals surface area (Å²) in [5, 5.41) is 0. The first-order valence-corrected chi connectivity index (χ1v) is 6.67. The summed E-state index contributed by atoms with van der Waals surface area (Å²) in [6.45, 7) is 4.24. The Morgan fingerprint density at radius 3 is 2.89 bits per heavy atom. The first-order valence-electron chi connectivity index (χ1n) is 5.59. The number of aromatic nitrogens is 2. The van der Waals surface area contributed by atoms with E-state index in [0.717, 1.165) is 0 Å². The van der Waals surface area contributed by atoms with E-state index in [4.69, 9.17) is 4.74 Å². The van der Waals surface area contributed by atoms with Gasteiger partial charge in [0.2, 0.25) is 5.88 Å². The zero-order chi connectivity index (χ0) is 13.1. The van der Waals surface area contributed by atoms with Gasteiger partial charge in [-0.2, -0.15) is 0 Å². The molecule has 0 fully saturated rings. The lowest BCUT2D eigenvalue weighted by molar-refractivity contribution is 0.455. The molecule has 2 rings (SSSR count). The van der Waals surface area contributed by atoms with Crippen molar-refractivity contribution in [3.05, 3.63) is 50.1 Å². The van der Waals surface area contributed by atoms with Gasteiger partial charge in [-0.3, -0.25) is 4.79 Å². The second-order valence-corrected chi connectivity index (χ2v) is 5.26. The normalized spacial score (nSPS) is 10.7. The van der Waals surface area contributed by atoms with E-state index < -0.39 is 0 Å². The third-order valence-electron chi connectivity index (χ3n) is 2.50. The molecule has 0 unspecified atom stereocenters. The van der Waals surface area contributed by atoms with Crippen molar-refractivity contribution in [1.82, 2.24) is 9.97 Å². The highest BCUT2D eigenvalue weighted by atomic mass is 127. The van der Waals surface area contributed by atoms with E-state index in [1.165, 1.54) is 11.9 Å². The quantitative estimate of drug-likeness (QED) is 0.859. The minimum absolute atomic E-state index is 0.194. The maximum Gasteiger partial charge on any atom is 0.268 e. The van der Waals surface area contributed by atoms with E-state index in [1.54, 1.807) is 0 Å². The van der Waals surface area contributed by atoms with Gasteiger partial charge in [0.05, 0.1) is 6.33 Å². The molecule has 5 heteroatoms. The maximum absolute atomic E-state index is 11.4. The molecule has 0 spiro atoms. The van der Waals surface area contributed by atoms with Gasteiger partial charge in [-0.25, -0.2) is 4.98 Å². The number of hydrogen-bond acceptors (Lipinski definition) is 3. The minimum Gasteiger partial charge on any atom is -0.438 e. The Labute approximate surface area is 119 Å². The average molecular weight is 356 g/mol. The summed E-state index contributed by atoms with van der Waals surface area (Å²) in [6.07, 6.45) is 1.34. The van der Waals surface area contributed by atoms with Crippen LogP contribution in [0.15, 0.2) is 35.4 Å². The van der Waals surface area contributed by atoms with Gasteiger partial charge in [-0.05, 0) is 46.2 Å². The predicted molar refractivity (Wildman–Crippen MR) is 78.2 cm³/mol. The van der Waals surface area contributed by atoms with Crippen LogP contribution in [0.3, 0.4) is 0 Å². The molecule has 0 aliphatic rings. The number of rotatable bonds is 3. The zero-order valence-corrected chi connectivity index (χ0v) is 12.3. The largest absolute Gasteiger partial charge is 0.438 e. The fraction of sp³-hybridized carbons (Fsp3) is 0.231. The maximum atomic E-state index is 11.4. The van der Waals surface area contributed by atoms with Crippen molar-refractivity contribution in [2.24, 2.45) is 0 Å². The molecule has 4 nitrogen and oxygen atoms in total. The third kappa shape index (κ3) is 2.90. The molecule has 0 atom stereocenters. The van der Waals surface area contributed by atoms with Crippen LogP contribution in [0.5, 0.6) is 11.6 Å². The van der Waals surface area contributed by atoms with Crippen molar-refractivity contribution in [2.75, 3.05) is 0 Å². The van der Waals surface area contributed by atoms with E-state index in [0.29, 0.717) is 21.1 Å². The number of aromatic amines is 1. The Balaban J connectivity index is 2.31. The van der Waals surface area contributed by atoms with Gasteiger partial charge in [0, 0.05) is 0 Å². The summed E-state index contributed by atoms with van der Waals surface area (Å²) in [5.74, 6) is 1.46. The van der Waals surface area contributed by atoms with E-state index in [2.05, 4.69) is 23.8 Å². The molecule has 0 aliphatic heterocycles. The molecule has 0 aliphatic carbocycles. The molecule has 0 bridgehead atoms. The molecule has 0 amide bonds. The summed E-state index contributed by atoms with van der Waals surface area (Å²) < 4.78 is 6.09. The van der Waals surface area contributed by atoms with Crippen LogP contribution in [0.4, 0.5) is 0 Å². The number of nitrogens with one attached hydrogen (secondary N) is 1. The van der Waals surface area contributed by atoms with Crippen LogP contribution in [0.25, 0.3) is 0 Å². The number of benzene rings is 1. The molecule has 94 valence electrons. The van der Waals surface area contributed by atoms with E-state index in [-0.39, 0.29) is 5.56 Å². The second-order valence-electron chi connectivity index (χ2n) is 4.18. The van der Waals surface area contributed by atoms with Crippen molar-refractivity contribution in [1.29, 1.82) is 0 Å². The van der Waals surface area contributed by atoms with Gasteiger partial charge in [0.1, 0.15) is 9.32 Å². The molecular formula is C13H13IN2O2. The fourth-order valence-corrected chi connectivity index (χ4v) is 1.89. The lowest BCUT2D eigenvalue weighted by Crippen LogP contribution is -2.11. The molecule has 18 heavy (non-hydrogen) atoms. The van der Waals surface area contributed by atoms with Gasteiger partial charge < -0.3 is 9.72 Å². The highest BCUT2D eigenvalue weighted by Crippen LogP contribution is 2.25. The third-order valence-corrected chi connectivity index (χ3v) is 3.46. The first kappa shape index (κ1) is 13.1. The molecule has 1 heterocycles. The smallest absolute Gasteiger partial charge is 0.268 e. The summed E-state index contributed by atoms with van der Waals surface area (Å²) in [6, 6.07) is 7.80. The first-order chi connectivity index (χ1) is 8.58. The Morgan fingerprint density at radius 2 is 2.17 bits per heavy atom. The lowest BCUT2D eigenvalue weighted by atomic mass is 10.0.